The number of benzene rings is 1. The monoisotopic (exact) mass is 286 g/mol. The van der Waals surface area contributed by atoms with E-state index in [1.165, 1.54) is 17.5 Å². The summed E-state index contributed by atoms with van der Waals surface area (Å²) in [6.07, 6.45) is 5.93. The van der Waals surface area contributed by atoms with Crippen LogP contribution in [0.15, 0.2) is 47.3 Å². The highest BCUT2D eigenvalue weighted by molar-refractivity contribution is 5.33. The first kappa shape index (κ1) is 14.2. The van der Waals surface area contributed by atoms with Crippen molar-refractivity contribution in [1.29, 1.82) is 0 Å². The molecule has 0 amide bonds. The van der Waals surface area contributed by atoms with Crippen LogP contribution in [-0.2, 0) is 6.54 Å². The molecule has 0 spiro atoms. The van der Waals surface area contributed by atoms with Gasteiger partial charge < -0.3 is 19.8 Å². The maximum absolute atomic E-state index is 5.41. The van der Waals surface area contributed by atoms with Gasteiger partial charge in [0.1, 0.15) is 5.75 Å². The predicted octanol–water partition coefficient (Wildman–Crippen LogP) is 2.87. The highest BCUT2D eigenvalue weighted by Crippen LogP contribution is 2.25. The topological polar surface area (TPSA) is 46.4 Å². The first-order valence-corrected chi connectivity index (χ1v) is 7.49. The number of hydrogen-bond acceptors (Lipinski definition) is 4. The smallest absolute Gasteiger partial charge is 0.123 e. The Hall–Kier alpha value is -1.78. The Morgan fingerprint density at radius 3 is 3.05 bits per heavy atom. The Labute approximate surface area is 125 Å². The van der Waals surface area contributed by atoms with Gasteiger partial charge in [-0.05, 0) is 31.5 Å². The van der Waals surface area contributed by atoms with Crippen LogP contribution in [0.5, 0.6) is 5.75 Å². The van der Waals surface area contributed by atoms with Crippen molar-refractivity contribution in [1.82, 2.24) is 10.6 Å². The van der Waals surface area contributed by atoms with Crippen LogP contribution < -0.4 is 15.4 Å². The quantitative estimate of drug-likeness (QED) is 0.887. The van der Waals surface area contributed by atoms with Gasteiger partial charge >= 0.3 is 0 Å². The zero-order valence-corrected chi connectivity index (χ0v) is 12.3. The van der Waals surface area contributed by atoms with Crippen LogP contribution in [0.3, 0.4) is 0 Å². The van der Waals surface area contributed by atoms with E-state index < -0.39 is 0 Å². The van der Waals surface area contributed by atoms with E-state index in [0.29, 0.717) is 12.1 Å². The minimum atomic E-state index is 0.312. The molecular formula is C17H22N2O2. The first-order chi connectivity index (χ1) is 10.4. The van der Waals surface area contributed by atoms with E-state index in [1.54, 1.807) is 13.4 Å². The lowest BCUT2D eigenvalue weighted by Crippen LogP contribution is -2.45. The summed E-state index contributed by atoms with van der Waals surface area (Å²) >= 11 is 0. The number of nitrogens with one attached hydrogen (secondary N) is 2. The number of para-hydroxylation sites is 1. The minimum Gasteiger partial charge on any atom is -0.496 e. The highest BCUT2D eigenvalue weighted by atomic mass is 16.5. The van der Waals surface area contributed by atoms with Crippen LogP contribution in [0.2, 0.25) is 0 Å². The van der Waals surface area contributed by atoms with Crippen LogP contribution in [0, 0.1) is 0 Å². The molecule has 2 heterocycles. The van der Waals surface area contributed by atoms with E-state index in [9.17, 15) is 0 Å². The van der Waals surface area contributed by atoms with Crippen LogP contribution in [0.4, 0.5) is 0 Å². The molecule has 0 saturated carbocycles. The molecule has 0 unspecified atom stereocenters. The molecule has 4 heteroatoms. The van der Waals surface area contributed by atoms with Crippen molar-refractivity contribution in [3.63, 3.8) is 0 Å². The maximum atomic E-state index is 5.41. The summed E-state index contributed by atoms with van der Waals surface area (Å²) in [7, 11) is 1.72. The lowest BCUT2D eigenvalue weighted by molar-refractivity contribution is 0.301. The molecule has 112 valence electrons. The van der Waals surface area contributed by atoms with Crippen molar-refractivity contribution in [2.75, 3.05) is 13.7 Å². The maximum Gasteiger partial charge on any atom is 0.123 e. The van der Waals surface area contributed by atoms with Crippen molar-refractivity contribution in [2.45, 2.75) is 31.5 Å². The van der Waals surface area contributed by atoms with E-state index >= 15 is 0 Å². The molecule has 21 heavy (non-hydrogen) atoms. The van der Waals surface area contributed by atoms with Gasteiger partial charge in [0.15, 0.2) is 0 Å². The molecule has 2 N–H and O–H groups in total. The van der Waals surface area contributed by atoms with Crippen LogP contribution in [0.1, 0.15) is 30.0 Å². The van der Waals surface area contributed by atoms with Crippen LogP contribution >= 0.6 is 0 Å². The van der Waals surface area contributed by atoms with Gasteiger partial charge in [0.25, 0.3) is 0 Å². The van der Waals surface area contributed by atoms with E-state index in [1.807, 2.05) is 30.5 Å². The van der Waals surface area contributed by atoms with Gasteiger partial charge in [0.2, 0.25) is 0 Å². The highest BCUT2D eigenvalue weighted by Gasteiger charge is 2.26. The molecule has 1 saturated heterocycles. The number of hydrogen-bond donors (Lipinski definition) is 2. The molecular weight excluding hydrogens is 264 g/mol. The summed E-state index contributed by atoms with van der Waals surface area (Å²) in [6.45, 7) is 1.87. The molecule has 1 fully saturated rings. The van der Waals surface area contributed by atoms with Gasteiger partial charge in [-0.1, -0.05) is 18.2 Å². The molecule has 1 aliphatic heterocycles. The summed E-state index contributed by atoms with van der Waals surface area (Å²) in [4.78, 5) is 0. The van der Waals surface area contributed by atoms with Gasteiger partial charge in [-0.3, -0.25) is 0 Å². The minimum absolute atomic E-state index is 0.312. The van der Waals surface area contributed by atoms with Crippen LogP contribution in [-0.4, -0.2) is 19.7 Å². The summed E-state index contributed by atoms with van der Waals surface area (Å²) in [6, 6.07) is 10.9. The Balaban J connectivity index is 1.68. The second kappa shape index (κ2) is 6.78. The van der Waals surface area contributed by atoms with E-state index in [2.05, 4.69) is 16.7 Å². The standard InChI is InChI=1S/C17H22N2O2/c1-20-16-7-3-2-5-13(16)11-19-15-6-4-9-18-17(15)14-8-10-21-12-14/h2-3,5,7-8,10,12,15,17-19H,4,6,9,11H2,1H3/t15-,17-/m0/s1. The molecule has 2 aromatic rings. The molecule has 0 bridgehead atoms. The first-order valence-electron chi connectivity index (χ1n) is 7.49. The summed E-state index contributed by atoms with van der Waals surface area (Å²) in [5, 5.41) is 7.25. The summed E-state index contributed by atoms with van der Waals surface area (Å²) in [5.74, 6) is 0.939. The van der Waals surface area contributed by atoms with Crippen molar-refractivity contribution in [3.05, 3.63) is 54.0 Å². The van der Waals surface area contributed by atoms with Crippen LogP contribution in [0.25, 0.3) is 0 Å². The molecule has 4 nitrogen and oxygen atoms in total. The van der Waals surface area contributed by atoms with E-state index in [4.69, 9.17) is 9.15 Å². The van der Waals surface area contributed by atoms with Crippen molar-refractivity contribution in [3.8, 4) is 5.75 Å². The lowest BCUT2D eigenvalue weighted by atomic mass is 9.93. The zero-order chi connectivity index (χ0) is 14.5. The molecule has 0 radical (unpaired) electrons. The van der Waals surface area contributed by atoms with Gasteiger partial charge in [0.05, 0.1) is 25.7 Å². The van der Waals surface area contributed by atoms with Gasteiger partial charge in [-0.25, -0.2) is 0 Å². The molecule has 1 aromatic carbocycles. The third-order valence-corrected chi connectivity index (χ3v) is 4.11. The fourth-order valence-corrected chi connectivity index (χ4v) is 3.00. The number of furan rings is 1. The second-order valence-corrected chi connectivity index (χ2v) is 5.43. The number of rotatable bonds is 5. The average molecular weight is 286 g/mol. The Kier molecular flexibility index (Phi) is 4.58. The van der Waals surface area contributed by atoms with E-state index in [-0.39, 0.29) is 0 Å². The fraction of sp³-hybridized carbons (Fsp3) is 0.412. The van der Waals surface area contributed by atoms with Gasteiger partial charge in [0, 0.05) is 23.7 Å². The molecule has 2 atom stereocenters. The number of piperidine rings is 1. The van der Waals surface area contributed by atoms with E-state index in [0.717, 1.165) is 25.3 Å². The third kappa shape index (κ3) is 3.28. The average Bonchev–Trinajstić information content (AvgIpc) is 3.08. The third-order valence-electron chi connectivity index (χ3n) is 4.11. The van der Waals surface area contributed by atoms with Gasteiger partial charge in [-0.15, -0.1) is 0 Å². The summed E-state index contributed by atoms with van der Waals surface area (Å²) < 4.78 is 10.6. The Bertz CT molecular complexity index is 554. The summed E-state index contributed by atoms with van der Waals surface area (Å²) in [5.41, 5.74) is 2.41. The normalized spacial score (nSPS) is 22.1. The molecule has 1 aliphatic rings. The lowest BCUT2D eigenvalue weighted by Gasteiger charge is -2.33. The Morgan fingerprint density at radius 2 is 2.24 bits per heavy atom. The molecule has 3 rings (SSSR count). The van der Waals surface area contributed by atoms with Crippen molar-refractivity contribution in [2.24, 2.45) is 0 Å². The van der Waals surface area contributed by atoms with Crippen molar-refractivity contribution >= 4 is 0 Å². The van der Waals surface area contributed by atoms with Gasteiger partial charge in [-0.2, -0.15) is 0 Å². The second-order valence-electron chi connectivity index (χ2n) is 5.43. The number of methoxy groups -OCH3 is 1. The zero-order valence-electron chi connectivity index (χ0n) is 12.3. The molecule has 0 aliphatic carbocycles. The predicted molar refractivity (Wildman–Crippen MR) is 82.3 cm³/mol. The fourth-order valence-electron chi connectivity index (χ4n) is 3.00. The Morgan fingerprint density at radius 1 is 1.33 bits per heavy atom. The van der Waals surface area contributed by atoms with Crippen molar-refractivity contribution < 1.29 is 9.15 Å². The molecule has 1 aromatic heterocycles. The largest absolute Gasteiger partial charge is 0.496 e. The number of ether oxygens (including phenoxy) is 1. The SMILES string of the molecule is COc1ccccc1CN[C@H]1CCCN[C@H]1c1ccoc1.